The molecule has 1 heterocycles. The maximum absolute atomic E-state index is 12.6. The van der Waals surface area contributed by atoms with Gasteiger partial charge in [-0.1, -0.05) is 0 Å². The van der Waals surface area contributed by atoms with E-state index in [-0.39, 0.29) is 5.56 Å². The second-order valence-corrected chi connectivity index (χ2v) is 4.91. The highest BCUT2D eigenvalue weighted by Crippen LogP contribution is 2.14. The van der Waals surface area contributed by atoms with Crippen molar-refractivity contribution in [3.63, 3.8) is 0 Å². The van der Waals surface area contributed by atoms with E-state index in [1.165, 1.54) is 4.68 Å². The third kappa shape index (κ3) is 3.28. The van der Waals surface area contributed by atoms with E-state index in [0.29, 0.717) is 24.4 Å². The van der Waals surface area contributed by atoms with Gasteiger partial charge in [-0.15, -0.1) is 0 Å². The molecule has 0 spiro atoms. The van der Waals surface area contributed by atoms with Crippen molar-refractivity contribution in [1.82, 2.24) is 9.78 Å². The summed E-state index contributed by atoms with van der Waals surface area (Å²) in [6, 6.07) is 7.29. The van der Waals surface area contributed by atoms with Gasteiger partial charge in [-0.25, -0.2) is 4.68 Å². The Morgan fingerprint density at radius 3 is 2.55 bits per heavy atom. The first-order valence-corrected chi connectivity index (χ1v) is 7.05. The molecule has 0 saturated heterocycles. The minimum absolute atomic E-state index is 0.110. The van der Waals surface area contributed by atoms with Gasteiger partial charge >= 0.3 is 0 Å². The number of aromatic amines is 1. The number of H-pyrrole nitrogens is 1. The topological polar surface area (TPSA) is 68.6 Å². The molecule has 1 aromatic carbocycles. The van der Waals surface area contributed by atoms with E-state index in [4.69, 9.17) is 9.47 Å². The molecule has 0 aliphatic heterocycles. The lowest BCUT2D eigenvalue weighted by atomic mass is 10.2. The summed E-state index contributed by atoms with van der Waals surface area (Å²) in [5, 5.41) is 3.09. The van der Waals surface area contributed by atoms with Gasteiger partial charge in [-0.3, -0.25) is 14.9 Å². The molecule has 118 valence electrons. The zero-order valence-electron chi connectivity index (χ0n) is 13.3. The van der Waals surface area contributed by atoms with Crippen molar-refractivity contribution in [2.45, 2.75) is 13.8 Å². The van der Waals surface area contributed by atoms with Crippen LogP contribution in [0.5, 0.6) is 5.75 Å². The molecule has 0 radical (unpaired) electrons. The fourth-order valence-corrected chi connectivity index (χ4v) is 2.27. The first kappa shape index (κ1) is 16.0. The minimum Gasteiger partial charge on any atom is -0.497 e. The molecule has 0 fully saturated rings. The summed E-state index contributed by atoms with van der Waals surface area (Å²) in [4.78, 5) is 17.0. The Kier molecular flexibility index (Phi) is 5.16. The normalized spacial score (nSPS) is 11.7. The lowest BCUT2D eigenvalue weighted by Crippen LogP contribution is -2.20. The maximum Gasteiger partial charge on any atom is 0.280 e. The van der Waals surface area contributed by atoms with Gasteiger partial charge in [0.1, 0.15) is 5.75 Å². The molecule has 0 aliphatic rings. The van der Waals surface area contributed by atoms with Crippen LogP contribution < -0.4 is 10.3 Å². The van der Waals surface area contributed by atoms with Crippen LogP contribution in [-0.4, -0.2) is 42.9 Å². The molecule has 0 bridgehead atoms. The van der Waals surface area contributed by atoms with Crippen molar-refractivity contribution >= 4 is 5.71 Å². The molecule has 1 aromatic heterocycles. The number of nitrogens with zero attached hydrogens (tertiary/aromatic N) is 2. The Morgan fingerprint density at radius 2 is 1.95 bits per heavy atom. The quantitative estimate of drug-likeness (QED) is 0.655. The molecule has 6 nitrogen and oxygen atoms in total. The van der Waals surface area contributed by atoms with Crippen LogP contribution in [0, 0.1) is 6.92 Å². The number of benzene rings is 1. The van der Waals surface area contributed by atoms with E-state index in [0.717, 1.165) is 17.1 Å². The standard InChI is InChI=1S/C16H21N3O3/c1-11(17-9-10-21-3)15-12(2)18-19(16(15)20)13-5-7-14(22-4)8-6-13/h5-8,18H,9-10H2,1-4H3. The molecule has 22 heavy (non-hydrogen) atoms. The molecule has 0 unspecified atom stereocenters. The van der Waals surface area contributed by atoms with Crippen LogP contribution in [0.2, 0.25) is 0 Å². The molecular weight excluding hydrogens is 282 g/mol. The maximum atomic E-state index is 12.6. The van der Waals surface area contributed by atoms with Crippen LogP contribution in [0.1, 0.15) is 18.2 Å². The first-order valence-electron chi connectivity index (χ1n) is 7.05. The second kappa shape index (κ2) is 7.09. The average Bonchev–Trinajstić information content (AvgIpc) is 2.82. The van der Waals surface area contributed by atoms with Gasteiger partial charge in [-0.2, -0.15) is 0 Å². The second-order valence-electron chi connectivity index (χ2n) is 4.91. The highest BCUT2D eigenvalue weighted by atomic mass is 16.5. The van der Waals surface area contributed by atoms with Gasteiger partial charge in [0, 0.05) is 18.5 Å². The van der Waals surface area contributed by atoms with E-state index in [9.17, 15) is 4.79 Å². The highest BCUT2D eigenvalue weighted by Gasteiger charge is 2.14. The number of methoxy groups -OCH3 is 2. The Morgan fingerprint density at radius 1 is 1.27 bits per heavy atom. The van der Waals surface area contributed by atoms with Crippen molar-refractivity contribution in [3.8, 4) is 11.4 Å². The predicted octanol–water partition coefficient (Wildman–Crippen LogP) is 1.94. The van der Waals surface area contributed by atoms with Gasteiger partial charge in [0.15, 0.2) is 0 Å². The molecular formula is C16H21N3O3. The summed E-state index contributed by atoms with van der Waals surface area (Å²) >= 11 is 0. The van der Waals surface area contributed by atoms with E-state index < -0.39 is 0 Å². The van der Waals surface area contributed by atoms with Gasteiger partial charge in [0.2, 0.25) is 0 Å². The van der Waals surface area contributed by atoms with Gasteiger partial charge in [-0.05, 0) is 38.1 Å². The molecule has 0 amide bonds. The van der Waals surface area contributed by atoms with E-state index in [1.54, 1.807) is 14.2 Å². The number of aromatic nitrogens is 2. The highest BCUT2D eigenvalue weighted by molar-refractivity contribution is 5.99. The molecule has 0 atom stereocenters. The number of ether oxygens (including phenoxy) is 2. The van der Waals surface area contributed by atoms with Crippen LogP contribution in [0.3, 0.4) is 0 Å². The Hall–Kier alpha value is -2.34. The molecule has 2 aromatic rings. The monoisotopic (exact) mass is 303 g/mol. The van der Waals surface area contributed by atoms with Crippen LogP contribution in [0.4, 0.5) is 0 Å². The van der Waals surface area contributed by atoms with E-state index >= 15 is 0 Å². The Labute approximate surface area is 129 Å². The van der Waals surface area contributed by atoms with Gasteiger partial charge in [0.05, 0.1) is 31.5 Å². The SMILES string of the molecule is COCCN=C(C)c1c(C)[nH]n(-c2ccc(OC)cc2)c1=O. The summed E-state index contributed by atoms with van der Waals surface area (Å²) in [6.45, 7) is 4.78. The molecule has 2 rings (SSSR count). The Balaban J connectivity index is 2.37. The van der Waals surface area contributed by atoms with Crippen LogP contribution in [0.15, 0.2) is 34.1 Å². The fraction of sp³-hybridized carbons (Fsp3) is 0.375. The smallest absolute Gasteiger partial charge is 0.280 e. The molecule has 1 N–H and O–H groups in total. The van der Waals surface area contributed by atoms with Crippen LogP contribution in [0.25, 0.3) is 5.69 Å². The molecule has 0 aliphatic carbocycles. The van der Waals surface area contributed by atoms with E-state index in [2.05, 4.69) is 10.1 Å². The van der Waals surface area contributed by atoms with Crippen LogP contribution >= 0.6 is 0 Å². The van der Waals surface area contributed by atoms with Crippen molar-refractivity contribution in [2.24, 2.45) is 4.99 Å². The van der Waals surface area contributed by atoms with Gasteiger partial charge in [0.25, 0.3) is 5.56 Å². The van der Waals surface area contributed by atoms with Crippen molar-refractivity contribution < 1.29 is 9.47 Å². The average molecular weight is 303 g/mol. The fourth-order valence-electron chi connectivity index (χ4n) is 2.27. The molecule has 6 heteroatoms. The zero-order valence-corrected chi connectivity index (χ0v) is 13.3. The number of nitrogens with one attached hydrogen (secondary N) is 1. The van der Waals surface area contributed by atoms with E-state index in [1.807, 2.05) is 38.1 Å². The first-order chi connectivity index (χ1) is 10.6. The van der Waals surface area contributed by atoms with Crippen molar-refractivity contribution in [3.05, 3.63) is 45.9 Å². The Bertz CT molecular complexity index is 711. The van der Waals surface area contributed by atoms with Crippen molar-refractivity contribution in [1.29, 1.82) is 0 Å². The van der Waals surface area contributed by atoms with Gasteiger partial charge < -0.3 is 9.47 Å². The number of hydrogen-bond acceptors (Lipinski definition) is 4. The largest absolute Gasteiger partial charge is 0.497 e. The summed E-state index contributed by atoms with van der Waals surface area (Å²) in [5.41, 5.74) is 2.75. The van der Waals surface area contributed by atoms with Crippen molar-refractivity contribution in [2.75, 3.05) is 27.4 Å². The zero-order chi connectivity index (χ0) is 16.1. The number of aliphatic imine (C=N–C) groups is 1. The lowest BCUT2D eigenvalue weighted by molar-refractivity contribution is 0.208. The number of rotatable bonds is 6. The molecule has 0 saturated carbocycles. The lowest BCUT2D eigenvalue weighted by Gasteiger charge is -2.03. The number of aryl methyl sites for hydroxylation is 1. The summed E-state index contributed by atoms with van der Waals surface area (Å²) in [7, 11) is 3.24. The summed E-state index contributed by atoms with van der Waals surface area (Å²) in [5.74, 6) is 0.748. The number of hydrogen-bond donors (Lipinski definition) is 1. The predicted molar refractivity (Wildman–Crippen MR) is 86.6 cm³/mol. The minimum atomic E-state index is -0.110. The third-order valence-corrected chi connectivity index (χ3v) is 3.41. The van der Waals surface area contributed by atoms with Crippen LogP contribution in [-0.2, 0) is 4.74 Å². The summed E-state index contributed by atoms with van der Waals surface area (Å²) in [6.07, 6.45) is 0. The third-order valence-electron chi connectivity index (χ3n) is 3.41. The summed E-state index contributed by atoms with van der Waals surface area (Å²) < 4.78 is 11.6.